The lowest BCUT2D eigenvalue weighted by Crippen LogP contribution is -2.21. The fraction of sp³-hybridized carbons (Fsp3) is 0.524. The third-order valence-corrected chi connectivity index (χ3v) is 5.86. The molecule has 3 aromatic rings. The van der Waals surface area contributed by atoms with E-state index < -0.39 is 5.91 Å². The van der Waals surface area contributed by atoms with Gasteiger partial charge in [0, 0.05) is 24.7 Å². The molecule has 1 aliphatic carbocycles. The van der Waals surface area contributed by atoms with E-state index in [9.17, 15) is 4.79 Å². The van der Waals surface area contributed by atoms with Gasteiger partial charge in [-0.1, -0.05) is 50.1 Å². The van der Waals surface area contributed by atoms with Crippen molar-refractivity contribution in [2.45, 2.75) is 63.7 Å². The molecule has 1 aliphatic rings. The molecule has 10 heteroatoms. The first-order chi connectivity index (χ1) is 15.2. The number of imidazole rings is 1. The zero-order chi connectivity index (χ0) is 21.5. The van der Waals surface area contributed by atoms with Crippen molar-refractivity contribution in [2.24, 2.45) is 5.92 Å². The highest BCUT2D eigenvalue weighted by Gasteiger charge is 2.24. The Balaban J connectivity index is 1.46. The van der Waals surface area contributed by atoms with Gasteiger partial charge in [0.05, 0.1) is 12.4 Å². The summed E-state index contributed by atoms with van der Waals surface area (Å²) in [5, 5.41) is 13.0. The van der Waals surface area contributed by atoms with Crippen LogP contribution in [0.3, 0.4) is 0 Å². The van der Waals surface area contributed by atoms with Gasteiger partial charge in [0.15, 0.2) is 5.82 Å². The van der Waals surface area contributed by atoms with E-state index in [2.05, 4.69) is 25.1 Å². The van der Waals surface area contributed by atoms with Crippen LogP contribution in [-0.4, -0.2) is 40.8 Å². The Morgan fingerprint density at radius 2 is 2.10 bits per heavy atom. The highest BCUT2D eigenvalue weighted by atomic mass is 16.5. The lowest BCUT2D eigenvalue weighted by atomic mass is 9.84. The first kappa shape index (κ1) is 21.1. The topological polar surface area (TPSA) is 132 Å². The molecule has 0 radical (unpaired) electrons. The number of hydroxylamine groups is 1. The van der Waals surface area contributed by atoms with Crippen LogP contribution in [0.4, 0.5) is 0 Å². The van der Waals surface area contributed by atoms with Crippen LogP contribution in [0.5, 0.6) is 0 Å². The molecule has 0 aromatic carbocycles. The van der Waals surface area contributed by atoms with Crippen molar-refractivity contribution in [3.05, 3.63) is 37.0 Å². The van der Waals surface area contributed by atoms with E-state index in [1.54, 1.807) is 41.2 Å². The van der Waals surface area contributed by atoms with Crippen LogP contribution in [0.15, 0.2) is 35.6 Å². The smallest absolute Gasteiger partial charge is 0.244 e. The molecule has 1 atom stereocenters. The standard InChI is InChI=1S/C21H27N7O3/c29-19(26-30)11-16(8-4-7-15-5-2-1-3-6-15)21-25-20(27-31-21)17-12-23-13-18(24-17)28-10-9-22-14-28/h9-10,12-16,30H,1-8,11H2,(H,26,29)/t16-/m1/s1. The van der Waals surface area contributed by atoms with Gasteiger partial charge in [-0.25, -0.2) is 15.4 Å². The van der Waals surface area contributed by atoms with E-state index in [4.69, 9.17) is 9.73 Å². The van der Waals surface area contributed by atoms with Gasteiger partial charge in [0.2, 0.25) is 17.6 Å². The van der Waals surface area contributed by atoms with Crippen molar-refractivity contribution in [2.75, 3.05) is 0 Å². The number of hydrogen-bond donors (Lipinski definition) is 2. The lowest BCUT2D eigenvalue weighted by Gasteiger charge is -2.22. The largest absolute Gasteiger partial charge is 0.339 e. The molecule has 0 unspecified atom stereocenters. The Labute approximate surface area is 180 Å². The Bertz CT molecular complexity index is 967. The van der Waals surface area contributed by atoms with E-state index in [0.29, 0.717) is 23.2 Å². The van der Waals surface area contributed by atoms with Gasteiger partial charge in [-0.05, 0) is 12.3 Å². The Kier molecular flexibility index (Phi) is 6.98. The molecule has 31 heavy (non-hydrogen) atoms. The van der Waals surface area contributed by atoms with Crippen LogP contribution in [-0.2, 0) is 4.79 Å². The fourth-order valence-electron chi connectivity index (χ4n) is 4.20. The maximum atomic E-state index is 11.8. The zero-order valence-corrected chi connectivity index (χ0v) is 17.4. The number of hydrogen-bond acceptors (Lipinski definition) is 8. The van der Waals surface area contributed by atoms with Crippen LogP contribution < -0.4 is 5.48 Å². The summed E-state index contributed by atoms with van der Waals surface area (Å²) in [5.41, 5.74) is 2.17. The number of nitrogens with zero attached hydrogens (tertiary/aromatic N) is 6. The lowest BCUT2D eigenvalue weighted by molar-refractivity contribution is -0.129. The molecule has 1 fully saturated rings. The SMILES string of the molecule is O=C(C[C@@H](CCCC1CCCCC1)c1nc(-c2cncc(-n3ccnc3)n2)no1)NO. The minimum Gasteiger partial charge on any atom is -0.339 e. The van der Waals surface area contributed by atoms with Gasteiger partial charge in [-0.3, -0.25) is 19.6 Å². The Hall–Kier alpha value is -3.14. The average molecular weight is 425 g/mol. The van der Waals surface area contributed by atoms with E-state index >= 15 is 0 Å². The summed E-state index contributed by atoms with van der Waals surface area (Å²) in [7, 11) is 0. The van der Waals surface area contributed by atoms with Crippen molar-refractivity contribution in [1.29, 1.82) is 0 Å². The number of carbonyl (C=O) groups is 1. The molecular weight excluding hydrogens is 398 g/mol. The van der Waals surface area contributed by atoms with Crippen LogP contribution >= 0.6 is 0 Å². The summed E-state index contributed by atoms with van der Waals surface area (Å²) < 4.78 is 7.22. The molecule has 2 N–H and O–H groups in total. The third-order valence-electron chi connectivity index (χ3n) is 5.86. The highest BCUT2D eigenvalue weighted by molar-refractivity contribution is 5.75. The quantitative estimate of drug-likeness (QED) is 0.394. The Morgan fingerprint density at radius 1 is 1.23 bits per heavy atom. The summed E-state index contributed by atoms with van der Waals surface area (Å²) in [5.74, 6) is 1.31. The number of aromatic nitrogens is 6. The predicted molar refractivity (Wildman–Crippen MR) is 110 cm³/mol. The molecule has 0 spiro atoms. The van der Waals surface area contributed by atoms with Gasteiger partial charge in [0.1, 0.15) is 12.0 Å². The highest BCUT2D eigenvalue weighted by Crippen LogP contribution is 2.31. The molecule has 4 rings (SSSR count). The normalized spacial score (nSPS) is 15.6. The first-order valence-electron chi connectivity index (χ1n) is 10.8. The molecule has 10 nitrogen and oxygen atoms in total. The number of carbonyl (C=O) groups excluding carboxylic acids is 1. The predicted octanol–water partition coefficient (Wildman–Crippen LogP) is 3.44. The van der Waals surface area contributed by atoms with Crippen LogP contribution in [0.25, 0.3) is 17.3 Å². The summed E-state index contributed by atoms with van der Waals surface area (Å²) in [6, 6.07) is 0. The second kappa shape index (κ2) is 10.3. The molecular formula is C21H27N7O3. The van der Waals surface area contributed by atoms with Gasteiger partial charge < -0.3 is 4.52 Å². The summed E-state index contributed by atoms with van der Waals surface area (Å²) in [6.45, 7) is 0. The van der Waals surface area contributed by atoms with Gasteiger partial charge in [-0.2, -0.15) is 4.98 Å². The van der Waals surface area contributed by atoms with Crippen LogP contribution in [0, 0.1) is 5.92 Å². The number of nitrogens with one attached hydrogen (secondary N) is 1. The van der Waals surface area contributed by atoms with E-state index in [-0.39, 0.29) is 12.3 Å². The average Bonchev–Trinajstić information content (AvgIpc) is 3.52. The second-order valence-electron chi connectivity index (χ2n) is 8.06. The van der Waals surface area contributed by atoms with Crippen molar-refractivity contribution < 1.29 is 14.5 Å². The number of amides is 1. The Morgan fingerprint density at radius 3 is 2.87 bits per heavy atom. The monoisotopic (exact) mass is 425 g/mol. The summed E-state index contributed by atoms with van der Waals surface area (Å²) in [6.07, 6.45) is 17.7. The van der Waals surface area contributed by atoms with Crippen LogP contribution in [0.1, 0.15) is 69.6 Å². The van der Waals surface area contributed by atoms with E-state index in [0.717, 1.165) is 25.2 Å². The molecule has 0 aliphatic heterocycles. The maximum absolute atomic E-state index is 11.8. The molecule has 3 heterocycles. The second-order valence-corrected chi connectivity index (χ2v) is 8.06. The number of rotatable bonds is 9. The van der Waals surface area contributed by atoms with Gasteiger partial charge in [0.25, 0.3) is 0 Å². The van der Waals surface area contributed by atoms with Crippen molar-refractivity contribution >= 4 is 5.91 Å². The molecule has 1 amide bonds. The van der Waals surface area contributed by atoms with E-state index in [1.807, 2.05) is 0 Å². The zero-order valence-electron chi connectivity index (χ0n) is 17.4. The minimum absolute atomic E-state index is 0.0869. The fourth-order valence-corrected chi connectivity index (χ4v) is 4.20. The minimum atomic E-state index is -0.468. The van der Waals surface area contributed by atoms with Gasteiger partial charge >= 0.3 is 0 Å². The maximum Gasteiger partial charge on any atom is 0.244 e. The summed E-state index contributed by atoms with van der Waals surface area (Å²) >= 11 is 0. The molecule has 0 bridgehead atoms. The van der Waals surface area contributed by atoms with Gasteiger partial charge in [-0.15, -0.1) is 0 Å². The van der Waals surface area contributed by atoms with Crippen LogP contribution in [0.2, 0.25) is 0 Å². The summed E-state index contributed by atoms with van der Waals surface area (Å²) in [4.78, 5) is 29.1. The molecule has 3 aromatic heterocycles. The third kappa shape index (κ3) is 5.52. The van der Waals surface area contributed by atoms with Crippen molar-refractivity contribution in [3.8, 4) is 17.3 Å². The van der Waals surface area contributed by atoms with Crippen molar-refractivity contribution in [3.63, 3.8) is 0 Å². The molecule has 0 saturated heterocycles. The molecule has 1 saturated carbocycles. The van der Waals surface area contributed by atoms with Crippen molar-refractivity contribution in [1.82, 2.24) is 35.1 Å². The van der Waals surface area contributed by atoms with E-state index in [1.165, 1.54) is 32.1 Å². The molecule has 164 valence electrons. The first-order valence-corrected chi connectivity index (χ1v) is 10.8.